The van der Waals surface area contributed by atoms with E-state index >= 15 is 0 Å². The Morgan fingerprint density at radius 3 is 2.05 bits per heavy atom. The second-order valence-corrected chi connectivity index (χ2v) is 4.14. The third kappa shape index (κ3) is 3.10. The van der Waals surface area contributed by atoms with Crippen LogP contribution in [0.4, 0.5) is 10.5 Å². The largest absolute Gasteiger partial charge is 0.494 e. The van der Waals surface area contributed by atoms with E-state index in [0.717, 1.165) is 4.90 Å². The molecule has 0 unspecified atom stereocenters. The van der Waals surface area contributed by atoms with Crippen LogP contribution in [-0.4, -0.2) is 52.3 Å². The Balaban J connectivity index is 3.38. The Kier molecular flexibility index (Phi) is 5.23. The van der Waals surface area contributed by atoms with Gasteiger partial charge in [-0.05, 0) is 12.1 Å². The average molecular weight is 296 g/mol. The first-order chi connectivity index (χ1) is 9.88. The average Bonchev–Trinajstić information content (AvgIpc) is 2.50. The van der Waals surface area contributed by atoms with Crippen LogP contribution < -0.4 is 24.8 Å². The van der Waals surface area contributed by atoms with Crippen molar-refractivity contribution in [3.63, 3.8) is 0 Å². The van der Waals surface area contributed by atoms with Crippen molar-refractivity contribution in [1.82, 2.24) is 4.90 Å². The molecule has 0 aliphatic carbocycles. The summed E-state index contributed by atoms with van der Waals surface area (Å²) in [5.74, 6) is 0.871. The minimum absolute atomic E-state index is 0.352. The standard InChI is InChI=1S/C13H20N4O4/c1-16(13(18)17(2)12(14)15)10-8(19-3)6-7-9(20-4)11(10)21-5/h6-7H,1-5H3,(H3,14,15). The first-order valence-corrected chi connectivity index (χ1v) is 6.03. The number of hydrogen-bond acceptors (Lipinski definition) is 5. The van der Waals surface area contributed by atoms with E-state index in [1.807, 2.05) is 0 Å². The number of carbonyl (C=O) groups is 1. The van der Waals surface area contributed by atoms with Gasteiger partial charge in [0.1, 0.15) is 11.4 Å². The van der Waals surface area contributed by atoms with Crippen LogP contribution in [0.1, 0.15) is 0 Å². The molecule has 1 aromatic carbocycles. The SMILES string of the molecule is COc1ccc(OC)c(N(C)C(=O)N(C)C(=N)N)c1OC. The van der Waals surface area contributed by atoms with E-state index < -0.39 is 6.03 Å². The number of guanidine groups is 1. The highest BCUT2D eigenvalue weighted by Gasteiger charge is 2.26. The van der Waals surface area contributed by atoms with Gasteiger partial charge in [0.25, 0.3) is 0 Å². The van der Waals surface area contributed by atoms with Crippen molar-refractivity contribution in [3.8, 4) is 17.2 Å². The first kappa shape index (κ1) is 16.4. The summed E-state index contributed by atoms with van der Waals surface area (Å²) in [7, 11) is 7.38. The lowest BCUT2D eigenvalue weighted by atomic mass is 10.2. The second-order valence-electron chi connectivity index (χ2n) is 4.14. The van der Waals surface area contributed by atoms with Gasteiger partial charge in [0.05, 0.1) is 21.3 Å². The lowest BCUT2D eigenvalue weighted by Crippen LogP contribution is -2.45. The number of methoxy groups -OCH3 is 3. The highest BCUT2D eigenvalue weighted by molar-refractivity contribution is 6.03. The summed E-state index contributed by atoms with van der Waals surface area (Å²) in [5, 5.41) is 7.33. The predicted octanol–water partition coefficient (Wildman–Crippen LogP) is 1.09. The maximum Gasteiger partial charge on any atom is 0.330 e. The minimum Gasteiger partial charge on any atom is -0.494 e. The van der Waals surface area contributed by atoms with Crippen molar-refractivity contribution in [2.75, 3.05) is 40.3 Å². The maximum atomic E-state index is 12.3. The summed E-state index contributed by atoms with van der Waals surface area (Å²) in [6.07, 6.45) is 0. The molecule has 116 valence electrons. The van der Waals surface area contributed by atoms with Crippen LogP contribution in [0.25, 0.3) is 0 Å². The number of hydrogen-bond donors (Lipinski definition) is 2. The van der Waals surface area contributed by atoms with Gasteiger partial charge in [-0.1, -0.05) is 0 Å². The van der Waals surface area contributed by atoms with Gasteiger partial charge in [0.2, 0.25) is 0 Å². The molecule has 0 saturated heterocycles. The molecule has 0 spiro atoms. The molecule has 1 aromatic rings. The van der Waals surface area contributed by atoms with E-state index in [9.17, 15) is 4.79 Å². The van der Waals surface area contributed by atoms with Crippen LogP contribution in [-0.2, 0) is 0 Å². The van der Waals surface area contributed by atoms with Gasteiger partial charge in [-0.2, -0.15) is 0 Å². The Bertz CT molecular complexity index is 547. The molecule has 0 fully saturated rings. The molecule has 21 heavy (non-hydrogen) atoms. The zero-order chi connectivity index (χ0) is 16.2. The van der Waals surface area contributed by atoms with Crippen molar-refractivity contribution in [2.24, 2.45) is 5.73 Å². The van der Waals surface area contributed by atoms with Crippen LogP contribution in [0.2, 0.25) is 0 Å². The maximum absolute atomic E-state index is 12.3. The van der Waals surface area contributed by atoms with Gasteiger partial charge in [0.15, 0.2) is 17.5 Å². The van der Waals surface area contributed by atoms with Gasteiger partial charge >= 0.3 is 6.03 Å². The summed E-state index contributed by atoms with van der Waals surface area (Å²) >= 11 is 0. The molecular weight excluding hydrogens is 276 g/mol. The van der Waals surface area contributed by atoms with Gasteiger partial charge in [-0.15, -0.1) is 0 Å². The fourth-order valence-electron chi connectivity index (χ4n) is 1.80. The molecule has 8 nitrogen and oxygen atoms in total. The minimum atomic E-state index is -0.507. The number of nitrogens with zero attached hydrogens (tertiary/aromatic N) is 2. The first-order valence-electron chi connectivity index (χ1n) is 6.03. The smallest absolute Gasteiger partial charge is 0.330 e. The summed E-state index contributed by atoms with van der Waals surface area (Å²) in [5.41, 5.74) is 5.71. The number of nitrogens with one attached hydrogen (secondary N) is 1. The molecule has 0 heterocycles. The molecule has 8 heteroatoms. The normalized spacial score (nSPS) is 9.76. The number of benzene rings is 1. The number of nitrogens with two attached hydrogens (primary N) is 1. The molecule has 3 N–H and O–H groups in total. The molecule has 0 saturated carbocycles. The zero-order valence-corrected chi connectivity index (χ0v) is 12.8. The van der Waals surface area contributed by atoms with Crippen LogP contribution in [0.3, 0.4) is 0 Å². The van der Waals surface area contributed by atoms with Crippen LogP contribution in [0.15, 0.2) is 12.1 Å². The van der Waals surface area contributed by atoms with Crippen molar-refractivity contribution in [1.29, 1.82) is 5.41 Å². The number of ether oxygens (including phenoxy) is 3. The van der Waals surface area contributed by atoms with E-state index in [2.05, 4.69) is 0 Å². The number of amides is 2. The Morgan fingerprint density at radius 1 is 1.10 bits per heavy atom. The van der Waals surface area contributed by atoms with Gasteiger partial charge in [0, 0.05) is 14.1 Å². The fourth-order valence-corrected chi connectivity index (χ4v) is 1.80. The lowest BCUT2D eigenvalue weighted by molar-refractivity contribution is 0.233. The topological polar surface area (TPSA) is 101 Å². The van der Waals surface area contributed by atoms with Crippen LogP contribution in [0, 0.1) is 5.41 Å². The fraction of sp³-hybridized carbons (Fsp3) is 0.385. The molecule has 0 atom stereocenters. The van der Waals surface area contributed by atoms with Crippen molar-refractivity contribution >= 4 is 17.7 Å². The van der Waals surface area contributed by atoms with E-state index in [0.29, 0.717) is 22.9 Å². The van der Waals surface area contributed by atoms with Crippen molar-refractivity contribution in [3.05, 3.63) is 12.1 Å². The molecule has 0 aromatic heterocycles. The molecule has 1 rings (SSSR count). The third-order valence-electron chi connectivity index (χ3n) is 2.97. The molecule has 0 radical (unpaired) electrons. The van der Waals surface area contributed by atoms with E-state index in [1.165, 1.54) is 40.3 Å². The monoisotopic (exact) mass is 296 g/mol. The van der Waals surface area contributed by atoms with Gasteiger partial charge in [-0.25, -0.2) is 4.79 Å². The van der Waals surface area contributed by atoms with Gasteiger partial charge < -0.3 is 19.9 Å². The Morgan fingerprint density at radius 2 is 1.62 bits per heavy atom. The number of anilines is 1. The second kappa shape index (κ2) is 6.69. The van der Waals surface area contributed by atoms with Crippen molar-refractivity contribution in [2.45, 2.75) is 0 Å². The summed E-state index contributed by atoms with van der Waals surface area (Å²) < 4.78 is 15.8. The Labute approximate surface area is 123 Å². The summed E-state index contributed by atoms with van der Waals surface area (Å²) in [6, 6.07) is 2.83. The molecule has 0 bridgehead atoms. The zero-order valence-electron chi connectivity index (χ0n) is 12.8. The van der Waals surface area contributed by atoms with Crippen LogP contribution in [0.5, 0.6) is 17.2 Å². The number of rotatable bonds is 4. The van der Waals surface area contributed by atoms with Crippen LogP contribution >= 0.6 is 0 Å². The molecule has 0 aliphatic rings. The summed E-state index contributed by atoms with van der Waals surface area (Å²) in [4.78, 5) is 14.6. The predicted molar refractivity (Wildman–Crippen MR) is 79.6 cm³/mol. The highest BCUT2D eigenvalue weighted by Crippen LogP contribution is 2.44. The molecule has 0 aliphatic heterocycles. The third-order valence-corrected chi connectivity index (χ3v) is 2.97. The molecular formula is C13H20N4O4. The van der Waals surface area contributed by atoms with Crippen molar-refractivity contribution < 1.29 is 19.0 Å². The quantitative estimate of drug-likeness (QED) is 0.640. The number of urea groups is 1. The Hall–Kier alpha value is -2.64. The molecule has 2 amide bonds. The van der Waals surface area contributed by atoms with Gasteiger partial charge in [-0.3, -0.25) is 15.2 Å². The summed E-state index contributed by atoms with van der Waals surface area (Å²) in [6.45, 7) is 0. The lowest BCUT2D eigenvalue weighted by Gasteiger charge is -2.27. The van der Waals surface area contributed by atoms with E-state index in [-0.39, 0.29) is 5.96 Å². The number of carbonyl (C=O) groups excluding carboxylic acids is 1. The highest BCUT2D eigenvalue weighted by atomic mass is 16.5. The van der Waals surface area contributed by atoms with E-state index in [1.54, 1.807) is 12.1 Å². The van der Waals surface area contributed by atoms with E-state index in [4.69, 9.17) is 25.4 Å².